The average Bonchev–Trinajstić information content (AvgIpc) is 3.45. The number of ketones is 1. The molecule has 11 nitrogen and oxygen atoms in total. The third kappa shape index (κ3) is 4.31. The molecule has 3 heterocycles. The lowest BCUT2D eigenvalue weighted by atomic mass is 9.95. The largest absolute Gasteiger partial charge is 0.507 e. The van der Waals surface area contributed by atoms with E-state index in [9.17, 15) is 24.8 Å². The molecule has 0 radical (unpaired) electrons. The molecule has 1 atom stereocenters. The fraction of sp³-hybridized carbons (Fsp3) is 0.333. The Kier molecular flexibility index (Phi) is 6.10. The lowest BCUT2D eigenvalue weighted by Crippen LogP contribution is -2.42. The Bertz CT molecular complexity index is 1200. The van der Waals surface area contributed by atoms with E-state index in [1.54, 1.807) is 18.2 Å². The number of carbonyl (C=O) groups excluding carboxylic acids is 2. The number of hydrogen-bond donors (Lipinski definition) is 1. The molecule has 2 saturated heterocycles. The summed E-state index contributed by atoms with van der Waals surface area (Å²) in [7, 11) is 0. The number of Topliss-reactive ketones (excluding diaryl/α,β-unsaturated/α-hetero) is 1. The van der Waals surface area contributed by atoms with Gasteiger partial charge in [-0.05, 0) is 35.9 Å². The first kappa shape index (κ1) is 22.8. The highest BCUT2D eigenvalue weighted by atomic mass is 16.7. The lowest BCUT2D eigenvalue weighted by molar-refractivity contribution is -0.384. The standard InChI is InChI=1S/C24H23N3O8/c28-22(16-3-6-18-19(13-16)35-14-34-18)20-21(15-1-4-17(5-2-15)27(31)32)26(24(30)23(20)29)8-7-25-9-11-33-12-10-25/h1-6,13,21,28H,7-12,14H2. The van der Waals surface area contributed by atoms with Crippen molar-refractivity contribution in [1.29, 1.82) is 0 Å². The smallest absolute Gasteiger partial charge is 0.295 e. The van der Waals surface area contributed by atoms with Gasteiger partial charge in [-0.3, -0.25) is 24.6 Å². The zero-order valence-electron chi connectivity index (χ0n) is 18.7. The Balaban J connectivity index is 1.54. The van der Waals surface area contributed by atoms with Gasteiger partial charge in [0, 0.05) is 43.9 Å². The third-order valence-corrected chi connectivity index (χ3v) is 6.37. The SMILES string of the molecule is O=C1C(=O)N(CCN2CCOCC2)C(c2ccc([N+](=O)[O-])cc2)C1=C(O)c1ccc2c(c1)OCO2. The van der Waals surface area contributed by atoms with E-state index in [0.717, 1.165) is 0 Å². The summed E-state index contributed by atoms with van der Waals surface area (Å²) < 4.78 is 16.1. The summed E-state index contributed by atoms with van der Waals surface area (Å²) in [6, 6.07) is 9.49. The summed E-state index contributed by atoms with van der Waals surface area (Å²) in [6.07, 6.45) is 0. The Labute approximate surface area is 200 Å². The molecule has 2 aromatic carbocycles. The molecule has 1 unspecified atom stereocenters. The molecular weight excluding hydrogens is 458 g/mol. The first-order valence-corrected chi connectivity index (χ1v) is 11.2. The molecule has 5 rings (SSSR count). The van der Waals surface area contributed by atoms with Crippen LogP contribution in [-0.2, 0) is 14.3 Å². The number of nitro benzene ring substituents is 1. The monoisotopic (exact) mass is 481 g/mol. The summed E-state index contributed by atoms with van der Waals surface area (Å²) in [5.74, 6) is -0.963. The van der Waals surface area contributed by atoms with Gasteiger partial charge in [0.15, 0.2) is 11.5 Å². The second kappa shape index (κ2) is 9.35. The molecule has 11 heteroatoms. The van der Waals surface area contributed by atoms with Crippen molar-refractivity contribution >= 4 is 23.1 Å². The Morgan fingerprint density at radius 2 is 1.74 bits per heavy atom. The minimum atomic E-state index is -0.901. The minimum Gasteiger partial charge on any atom is -0.507 e. The average molecular weight is 481 g/mol. The van der Waals surface area contributed by atoms with Gasteiger partial charge in [0.05, 0.1) is 29.8 Å². The summed E-state index contributed by atoms with van der Waals surface area (Å²) in [5, 5.41) is 22.3. The molecule has 2 aromatic rings. The lowest BCUT2D eigenvalue weighted by Gasteiger charge is -2.31. The highest BCUT2D eigenvalue weighted by molar-refractivity contribution is 6.46. The number of nitrogens with zero attached hydrogens (tertiary/aromatic N) is 3. The molecule has 0 aromatic heterocycles. The number of hydrogen-bond acceptors (Lipinski definition) is 9. The maximum Gasteiger partial charge on any atom is 0.295 e. The van der Waals surface area contributed by atoms with E-state index in [-0.39, 0.29) is 30.4 Å². The van der Waals surface area contributed by atoms with Crippen molar-refractivity contribution in [2.45, 2.75) is 6.04 Å². The molecule has 1 amide bonds. The fourth-order valence-electron chi connectivity index (χ4n) is 4.51. The molecule has 1 N–H and O–H groups in total. The maximum absolute atomic E-state index is 13.2. The Morgan fingerprint density at radius 1 is 1.03 bits per heavy atom. The molecule has 3 aliphatic rings. The normalized spacial score (nSPS) is 21.5. The van der Waals surface area contributed by atoms with Crippen molar-refractivity contribution < 1.29 is 33.8 Å². The minimum absolute atomic E-state index is 0.0499. The second-order valence-corrected chi connectivity index (χ2v) is 8.36. The number of morpholine rings is 1. The van der Waals surface area contributed by atoms with Gasteiger partial charge in [-0.2, -0.15) is 0 Å². The zero-order chi connectivity index (χ0) is 24.5. The van der Waals surface area contributed by atoms with Crippen LogP contribution in [-0.4, -0.2) is 77.7 Å². The maximum atomic E-state index is 13.2. The molecule has 2 fully saturated rings. The fourth-order valence-corrected chi connectivity index (χ4v) is 4.51. The van der Waals surface area contributed by atoms with Crippen LogP contribution in [0.4, 0.5) is 5.69 Å². The van der Waals surface area contributed by atoms with E-state index in [0.29, 0.717) is 55.5 Å². The number of amides is 1. The van der Waals surface area contributed by atoms with E-state index in [4.69, 9.17) is 14.2 Å². The van der Waals surface area contributed by atoms with Crippen LogP contribution < -0.4 is 9.47 Å². The number of benzene rings is 2. The first-order valence-electron chi connectivity index (χ1n) is 11.2. The highest BCUT2D eigenvalue weighted by Gasteiger charge is 2.46. The number of non-ortho nitro benzene ring substituents is 1. The Morgan fingerprint density at radius 3 is 2.46 bits per heavy atom. The van der Waals surface area contributed by atoms with E-state index in [2.05, 4.69) is 4.90 Å². The molecule has 3 aliphatic heterocycles. The van der Waals surface area contributed by atoms with Gasteiger partial charge in [-0.25, -0.2) is 0 Å². The number of carbonyl (C=O) groups is 2. The first-order chi connectivity index (χ1) is 16.9. The van der Waals surface area contributed by atoms with E-state index >= 15 is 0 Å². The number of aliphatic hydroxyl groups excluding tert-OH is 1. The molecular formula is C24H23N3O8. The van der Waals surface area contributed by atoms with Crippen molar-refractivity contribution in [2.75, 3.05) is 46.2 Å². The number of ether oxygens (including phenoxy) is 3. The molecule has 0 aliphatic carbocycles. The van der Waals surface area contributed by atoms with Crippen LogP contribution in [0, 0.1) is 10.1 Å². The summed E-state index contributed by atoms with van der Waals surface area (Å²) >= 11 is 0. The van der Waals surface area contributed by atoms with Crippen molar-refractivity contribution in [3.05, 3.63) is 69.3 Å². The number of fused-ring (bicyclic) bond motifs is 1. The molecule has 35 heavy (non-hydrogen) atoms. The highest BCUT2D eigenvalue weighted by Crippen LogP contribution is 2.41. The van der Waals surface area contributed by atoms with Crippen molar-refractivity contribution in [3.63, 3.8) is 0 Å². The van der Waals surface area contributed by atoms with Crippen LogP contribution >= 0.6 is 0 Å². The molecule has 182 valence electrons. The van der Waals surface area contributed by atoms with Gasteiger partial charge < -0.3 is 24.2 Å². The van der Waals surface area contributed by atoms with Crippen LogP contribution in [0.2, 0.25) is 0 Å². The second-order valence-electron chi connectivity index (χ2n) is 8.36. The van der Waals surface area contributed by atoms with Gasteiger partial charge >= 0.3 is 0 Å². The predicted octanol–water partition coefficient (Wildman–Crippen LogP) is 2.08. The number of rotatable bonds is 6. The third-order valence-electron chi connectivity index (χ3n) is 6.37. The number of aliphatic hydroxyl groups is 1. The van der Waals surface area contributed by atoms with Crippen LogP contribution in [0.3, 0.4) is 0 Å². The van der Waals surface area contributed by atoms with Crippen molar-refractivity contribution in [1.82, 2.24) is 9.80 Å². The van der Waals surface area contributed by atoms with Gasteiger partial charge in [0.1, 0.15) is 5.76 Å². The van der Waals surface area contributed by atoms with E-state index in [1.807, 2.05) is 0 Å². The van der Waals surface area contributed by atoms with Crippen LogP contribution in [0.5, 0.6) is 11.5 Å². The van der Waals surface area contributed by atoms with Crippen LogP contribution in [0.25, 0.3) is 5.76 Å². The molecule has 0 spiro atoms. The topological polar surface area (TPSA) is 132 Å². The molecule has 0 bridgehead atoms. The van der Waals surface area contributed by atoms with Gasteiger partial charge in [-0.15, -0.1) is 0 Å². The van der Waals surface area contributed by atoms with Crippen molar-refractivity contribution in [2.24, 2.45) is 0 Å². The van der Waals surface area contributed by atoms with Gasteiger partial charge in [0.2, 0.25) is 6.79 Å². The summed E-state index contributed by atoms with van der Waals surface area (Å²) in [6.45, 7) is 3.42. The summed E-state index contributed by atoms with van der Waals surface area (Å²) in [4.78, 5) is 40.4. The van der Waals surface area contributed by atoms with Crippen LogP contribution in [0.15, 0.2) is 48.0 Å². The quantitative estimate of drug-likeness (QED) is 0.217. The summed E-state index contributed by atoms with van der Waals surface area (Å²) in [5.41, 5.74) is 0.589. The number of nitro groups is 1. The van der Waals surface area contributed by atoms with E-state index < -0.39 is 22.7 Å². The predicted molar refractivity (Wildman–Crippen MR) is 122 cm³/mol. The van der Waals surface area contributed by atoms with Crippen LogP contribution in [0.1, 0.15) is 17.2 Å². The van der Waals surface area contributed by atoms with E-state index in [1.165, 1.54) is 29.2 Å². The van der Waals surface area contributed by atoms with Gasteiger partial charge in [0.25, 0.3) is 17.4 Å². The van der Waals surface area contributed by atoms with Gasteiger partial charge in [-0.1, -0.05) is 0 Å². The zero-order valence-corrected chi connectivity index (χ0v) is 18.7. The Hall–Kier alpha value is -3.96. The molecule has 0 saturated carbocycles. The number of likely N-dealkylation sites (tertiary alicyclic amines) is 1. The van der Waals surface area contributed by atoms with Crippen molar-refractivity contribution in [3.8, 4) is 11.5 Å².